The molecule has 0 aromatic heterocycles. The average molecular weight is 451 g/mol. The fraction of sp³-hybridized carbons (Fsp3) is 0.154. The van der Waals surface area contributed by atoms with E-state index in [0.717, 1.165) is 17.7 Å². The Balaban J connectivity index is 1.66. The number of allylic oxidation sites excluding steroid dienone is 2. The first kappa shape index (κ1) is 18.6. The Kier molecular flexibility index (Phi) is 4.28. The third-order valence-electron chi connectivity index (χ3n) is 6.61. The lowest BCUT2D eigenvalue weighted by Gasteiger charge is -2.39. The molecule has 3 atom stereocenters. The second kappa shape index (κ2) is 6.92. The second-order valence-electron chi connectivity index (χ2n) is 8.15. The topological polar surface area (TPSA) is 12.0 Å². The van der Waals surface area contributed by atoms with Crippen molar-refractivity contribution in [2.45, 2.75) is 18.4 Å². The molecular formula is C26H18Cl3N. The van der Waals surface area contributed by atoms with Crippen molar-refractivity contribution >= 4 is 62.0 Å². The zero-order valence-electron chi connectivity index (χ0n) is 16.0. The van der Waals surface area contributed by atoms with Crippen LogP contribution in [0.1, 0.15) is 29.5 Å². The molecule has 0 fully saturated rings. The summed E-state index contributed by atoms with van der Waals surface area (Å²) < 4.78 is 0. The molecule has 1 N–H and O–H groups in total. The van der Waals surface area contributed by atoms with E-state index in [2.05, 4.69) is 72.1 Å². The van der Waals surface area contributed by atoms with Crippen LogP contribution >= 0.6 is 34.8 Å². The lowest BCUT2D eigenvalue weighted by atomic mass is 9.75. The Morgan fingerprint density at radius 3 is 2.13 bits per heavy atom. The van der Waals surface area contributed by atoms with Gasteiger partial charge in [-0.15, -0.1) is 0 Å². The average Bonchev–Trinajstić information content (AvgIpc) is 3.25. The van der Waals surface area contributed by atoms with Gasteiger partial charge in [0, 0.05) is 11.5 Å². The molecule has 4 aromatic carbocycles. The van der Waals surface area contributed by atoms with Crippen molar-refractivity contribution in [2.24, 2.45) is 5.92 Å². The summed E-state index contributed by atoms with van der Waals surface area (Å²) in [5.41, 5.74) is 3.25. The highest BCUT2D eigenvalue weighted by Gasteiger charge is 2.41. The Bertz CT molecular complexity index is 1300. The van der Waals surface area contributed by atoms with Crippen molar-refractivity contribution < 1.29 is 0 Å². The van der Waals surface area contributed by atoms with Crippen LogP contribution in [0.5, 0.6) is 0 Å². The minimum Gasteiger partial charge on any atom is -0.376 e. The molecule has 4 aromatic rings. The van der Waals surface area contributed by atoms with Gasteiger partial charge in [-0.1, -0.05) is 95.5 Å². The summed E-state index contributed by atoms with van der Waals surface area (Å²) in [5, 5.41) is 10.6. The molecule has 0 bridgehead atoms. The lowest BCUT2D eigenvalue weighted by Crippen LogP contribution is -2.30. The van der Waals surface area contributed by atoms with Gasteiger partial charge in [-0.25, -0.2) is 0 Å². The van der Waals surface area contributed by atoms with Crippen LogP contribution in [0.2, 0.25) is 15.1 Å². The zero-order valence-corrected chi connectivity index (χ0v) is 18.3. The molecule has 0 saturated carbocycles. The van der Waals surface area contributed by atoms with Gasteiger partial charge in [0.1, 0.15) is 0 Å². The fourth-order valence-corrected chi connectivity index (χ4v) is 6.14. The summed E-state index contributed by atoms with van der Waals surface area (Å²) in [6.45, 7) is 0. The summed E-state index contributed by atoms with van der Waals surface area (Å²) in [7, 11) is 0. The molecule has 1 aliphatic carbocycles. The van der Waals surface area contributed by atoms with Gasteiger partial charge < -0.3 is 5.32 Å². The van der Waals surface area contributed by atoms with Crippen molar-refractivity contribution in [3.05, 3.63) is 99.0 Å². The third kappa shape index (κ3) is 2.62. The van der Waals surface area contributed by atoms with Crippen molar-refractivity contribution in [1.29, 1.82) is 0 Å². The number of anilines is 1. The molecule has 148 valence electrons. The van der Waals surface area contributed by atoms with Crippen molar-refractivity contribution in [3.8, 4) is 0 Å². The number of hydrogen-bond acceptors (Lipinski definition) is 1. The van der Waals surface area contributed by atoms with Crippen LogP contribution in [0.3, 0.4) is 0 Å². The number of hydrogen-bond donors (Lipinski definition) is 1. The Labute approximate surface area is 190 Å². The van der Waals surface area contributed by atoms with E-state index in [4.69, 9.17) is 34.8 Å². The molecule has 1 heterocycles. The van der Waals surface area contributed by atoms with E-state index >= 15 is 0 Å². The predicted octanol–water partition coefficient (Wildman–Crippen LogP) is 8.78. The minimum absolute atomic E-state index is 0.114. The quantitative estimate of drug-likeness (QED) is 0.173. The van der Waals surface area contributed by atoms with Crippen molar-refractivity contribution in [2.75, 3.05) is 5.32 Å². The van der Waals surface area contributed by atoms with E-state index in [0.29, 0.717) is 21.0 Å². The molecule has 6 rings (SSSR count). The first-order chi connectivity index (χ1) is 14.6. The number of halogens is 3. The molecule has 1 aliphatic heterocycles. The standard InChI is InChI=1S/C26H18Cl3N/c27-20-13-21(28)26-23(24(20)29)18-10-5-11-19(18)25(30-26)22-16-8-3-1-6-14(16)12-15-7-2-4-9-17(15)22/h1-10,12-13,18-19,25,30H,11H2. The molecule has 2 aliphatic rings. The van der Waals surface area contributed by atoms with Crippen LogP contribution < -0.4 is 5.32 Å². The monoisotopic (exact) mass is 449 g/mol. The lowest BCUT2D eigenvalue weighted by molar-refractivity contribution is 0.429. The smallest absolute Gasteiger partial charge is 0.0656 e. The number of rotatable bonds is 1. The van der Waals surface area contributed by atoms with Crippen LogP contribution in [-0.2, 0) is 0 Å². The van der Waals surface area contributed by atoms with Crippen molar-refractivity contribution in [3.63, 3.8) is 0 Å². The van der Waals surface area contributed by atoms with E-state index in [1.54, 1.807) is 6.07 Å². The third-order valence-corrected chi connectivity index (χ3v) is 7.71. The van der Waals surface area contributed by atoms with Crippen LogP contribution in [0.15, 0.2) is 72.8 Å². The molecular weight excluding hydrogens is 433 g/mol. The van der Waals surface area contributed by atoms with Crippen molar-refractivity contribution in [1.82, 2.24) is 0 Å². The van der Waals surface area contributed by atoms with Gasteiger partial charge in [-0.2, -0.15) is 0 Å². The van der Waals surface area contributed by atoms with Crippen LogP contribution in [0.25, 0.3) is 21.5 Å². The molecule has 0 amide bonds. The largest absolute Gasteiger partial charge is 0.376 e. The summed E-state index contributed by atoms with van der Waals surface area (Å²) in [6, 6.07) is 21.4. The minimum atomic E-state index is 0.114. The molecule has 4 heteroatoms. The number of fused-ring (bicyclic) bond motifs is 5. The van der Waals surface area contributed by atoms with E-state index in [-0.39, 0.29) is 12.0 Å². The highest BCUT2D eigenvalue weighted by Crippen LogP contribution is 2.56. The molecule has 1 nitrogen and oxygen atoms in total. The highest BCUT2D eigenvalue weighted by molar-refractivity contribution is 6.44. The molecule has 0 saturated heterocycles. The number of benzene rings is 4. The number of nitrogens with one attached hydrogen (secondary N) is 1. The van der Waals surface area contributed by atoms with Gasteiger partial charge in [0.2, 0.25) is 0 Å². The highest BCUT2D eigenvalue weighted by atomic mass is 35.5. The Hall–Kier alpha value is -2.19. The van der Waals surface area contributed by atoms with E-state index in [9.17, 15) is 0 Å². The summed E-state index contributed by atoms with van der Waals surface area (Å²) in [6.07, 6.45) is 5.51. The predicted molar refractivity (Wildman–Crippen MR) is 129 cm³/mol. The summed E-state index contributed by atoms with van der Waals surface area (Å²) in [5.74, 6) is 0.534. The molecule has 30 heavy (non-hydrogen) atoms. The van der Waals surface area contributed by atoms with Crippen LogP contribution in [0.4, 0.5) is 5.69 Å². The maximum atomic E-state index is 6.67. The first-order valence-corrected chi connectivity index (χ1v) is 11.3. The van der Waals surface area contributed by atoms with Crippen LogP contribution in [-0.4, -0.2) is 0 Å². The maximum Gasteiger partial charge on any atom is 0.0656 e. The van der Waals surface area contributed by atoms with Gasteiger partial charge in [-0.05, 0) is 51.6 Å². The zero-order chi connectivity index (χ0) is 20.4. The maximum absolute atomic E-state index is 6.67. The van der Waals surface area contributed by atoms with Gasteiger partial charge >= 0.3 is 0 Å². The van der Waals surface area contributed by atoms with Gasteiger partial charge in [0.15, 0.2) is 0 Å². The second-order valence-corrected chi connectivity index (χ2v) is 9.34. The SMILES string of the molecule is Clc1cc(Cl)c2c(c1Cl)C1C=CCC1C(c1c3ccccc3cc3ccccc13)N2. The normalized spacial score (nSPS) is 22.2. The summed E-state index contributed by atoms with van der Waals surface area (Å²) in [4.78, 5) is 0. The van der Waals surface area contributed by atoms with Gasteiger partial charge in [-0.3, -0.25) is 0 Å². The van der Waals surface area contributed by atoms with E-state index in [1.165, 1.54) is 27.1 Å². The van der Waals surface area contributed by atoms with Gasteiger partial charge in [0.05, 0.1) is 26.8 Å². The van der Waals surface area contributed by atoms with E-state index < -0.39 is 0 Å². The molecule has 0 spiro atoms. The molecule has 3 unspecified atom stereocenters. The first-order valence-electron chi connectivity index (χ1n) is 10.1. The van der Waals surface area contributed by atoms with Crippen LogP contribution in [0, 0.1) is 5.92 Å². The van der Waals surface area contributed by atoms with E-state index in [1.807, 2.05) is 0 Å². The Morgan fingerprint density at radius 1 is 0.767 bits per heavy atom. The molecule has 0 radical (unpaired) electrons. The fourth-order valence-electron chi connectivity index (χ4n) is 5.33. The Morgan fingerprint density at radius 2 is 1.43 bits per heavy atom. The van der Waals surface area contributed by atoms with Gasteiger partial charge in [0.25, 0.3) is 0 Å². The summed E-state index contributed by atoms with van der Waals surface area (Å²) >= 11 is 19.7.